The van der Waals surface area contributed by atoms with Gasteiger partial charge in [0.15, 0.2) is 0 Å². The van der Waals surface area contributed by atoms with Crippen LogP contribution in [0.5, 0.6) is 0 Å². The fourth-order valence-corrected chi connectivity index (χ4v) is 13.0. The summed E-state index contributed by atoms with van der Waals surface area (Å²) in [7, 11) is 0. The number of carbonyl (C=O) groups excluding carboxylic acids is 2. The van der Waals surface area contributed by atoms with Crippen LogP contribution in [0.1, 0.15) is 457 Å². The number of aliphatic hydroxyl groups is 2. The minimum atomic E-state index is -0.842. The number of aliphatic hydroxyl groups excluding tert-OH is 2. The monoisotopic (exact) mass is 1280 g/mol. The van der Waals surface area contributed by atoms with Crippen LogP contribution >= 0.6 is 0 Å². The Labute approximate surface area is 569 Å². The molecule has 2 atom stereocenters. The van der Waals surface area contributed by atoms with E-state index in [1.165, 1.54) is 379 Å². The molecule has 91 heavy (non-hydrogen) atoms. The van der Waals surface area contributed by atoms with Gasteiger partial charge in [-0.25, -0.2) is 0 Å². The minimum Gasteiger partial charge on any atom is -0.466 e. The predicted octanol–water partition coefficient (Wildman–Crippen LogP) is 27.5. The molecule has 3 N–H and O–H groups in total. The number of amides is 1. The highest BCUT2D eigenvalue weighted by atomic mass is 16.5. The van der Waals surface area contributed by atoms with Crippen LogP contribution < -0.4 is 5.32 Å². The molecule has 0 aromatic heterocycles. The number of nitrogens with one attached hydrogen (secondary N) is 1. The first-order valence-corrected chi connectivity index (χ1v) is 41.4. The van der Waals surface area contributed by atoms with E-state index in [1.54, 1.807) is 6.08 Å². The first-order chi connectivity index (χ1) is 45.0. The van der Waals surface area contributed by atoms with E-state index < -0.39 is 12.1 Å². The number of hydrogen-bond acceptors (Lipinski definition) is 5. The van der Waals surface area contributed by atoms with Crippen molar-refractivity contribution in [3.63, 3.8) is 0 Å². The van der Waals surface area contributed by atoms with E-state index in [9.17, 15) is 19.8 Å². The first kappa shape index (κ1) is 88.8. The topological polar surface area (TPSA) is 95.9 Å². The van der Waals surface area contributed by atoms with Crippen LogP contribution in [0.4, 0.5) is 0 Å². The Bertz CT molecular complexity index is 1520. The van der Waals surface area contributed by atoms with Crippen LogP contribution in [0.2, 0.25) is 0 Å². The lowest BCUT2D eigenvalue weighted by molar-refractivity contribution is -0.143. The number of rotatable bonds is 78. The molecule has 0 aliphatic rings. The third kappa shape index (κ3) is 76.7. The highest BCUT2D eigenvalue weighted by Gasteiger charge is 2.18. The molecule has 2 unspecified atom stereocenters. The van der Waals surface area contributed by atoms with Crippen molar-refractivity contribution in [2.45, 2.75) is 469 Å². The summed E-state index contributed by atoms with van der Waals surface area (Å²) in [4.78, 5) is 24.6. The van der Waals surface area contributed by atoms with E-state index in [0.29, 0.717) is 19.4 Å². The van der Waals surface area contributed by atoms with Gasteiger partial charge in [-0.15, -0.1) is 0 Å². The molecule has 0 aliphatic carbocycles. The van der Waals surface area contributed by atoms with E-state index in [1.807, 2.05) is 6.08 Å². The van der Waals surface area contributed by atoms with Gasteiger partial charge in [0, 0.05) is 12.8 Å². The molecular weight excluding hydrogens is 1110 g/mol. The third-order valence-corrected chi connectivity index (χ3v) is 19.3. The zero-order chi connectivity index (χ0) is 65.6. The molecular formula is C85H161NO5. The van der Waals surface area contributed by atoms with Crippen LogP contribution in [-0.2, 0) is 14.3 Å². The SMILES string of the molecule is CCCCC/C=C\C/C=C\CCCCCCCCCC(=O)OCCCCCCCCCCCCCCCCCCCC/C=C\CCCCCCCCCCCCCCCCCCCC(=O)NC(CO)C(O)/C=C/CCCCCCCCCCCCCCCCCC. The Morgan fingerprint density at radius 2 is 0.549 bits per heavy atom. The number of hydrogen-bond donors (Lipinski definition) is 3. The summed E-state index contributed by atoms with van der Waals surface area (Å²) in [5.41, 5.74) is 0. The van der Waals surface area contributed by atoms with Gasteiger partial charge >= 0.3 is 5.97 Å². The zero-order valence-electron chi connectivity index (χ0n) is 61.6. The maximum Gasteiger partial charge on any atom is 0.305 e. The van der Waals surface area contributed by atoms with Crippen LogP contribution in [0, 0.1) is 0 Å². The Kier molecular flexibility index (Phi) is 78.3. The quantitative estimate of drug-likeness (QED) is 0.0320. The summed E-state index contributed by atoms with van der Waals surface area (Å²) in [5, 5.41) is 23.3. The summed E-state index contributed by atoms with van der Waals surface area (Å²) >= 11 is 0. The molecule has 0 bridgehead atoms. The summed E-state index contributed by atoms with van der Waals surface area (Å²) in [6.07, 6.45) is 107. The Hall–Kier alpha value is -2.18. The van der Waals surface area contributed by atoms with E-state index in [2.05, 4.69) is 55.6 Å². The van der Waals surface area contributed by atoms with Crippen molar-refractivity contribution in [2.24, 2.45) is 0 Å². The highest BCUT2D eigenvalue weighted by molar-refractivity contribution is 5.76. The van der Waals surface area contributed by atoms with Gasteiger partial charge in [0.1, 0.15) is 0 Å². The molecule has 0 saturated carbocycles. The van der Waals surface area contributed by atoms with Gasteiger partial charge in [0.05, 0.1) is 25.4 Å². The minimum absolute atomic E-state index is 0.0150. The number of carbonyl (C=O) groups is 2. The van der Waals surface area contributed by atoms with Crippen molar-refractivity contribution in [1.82, 2.24) is 5.32 Å². The van der Waals surface area contributed by atoms with Crippen LogP contribution in [0.3, 0.4) is 0 Å². The fraction of sp³-hybridized carbons (Fsp3) is 0.882. The average molecular weight is 1280 g/mol. The van der Waals surface area contributed by atoms with Crippen molar-refractivity contribution >= 4 is 11.9 Å². The van der Waals surface area contributed by atoms with E-state index in [-0.39, 0.29) is 18.5 Å². The maximum atomic E-state index is 12.5. The molecule has 1 amide bonds. The second kappa shape index (κ2) is 80.3. The lowest BCUT2D eigenvalue weighted by atomic mass is 10.0. The third-order valence-electron chi connectivity index (χ3n) is 19.3. The normalized spacial score (nSPS) is 12.7. The summed E-state index contributed by atoms with van der Waals surface area (Å²) in [6, 6.07) is -0.625. The predicted molar refractivity (Wildman–Crippen MR) is 402 cm³/mol. The Morgan fingerprint density at radius 1 is 0.308 bits per heavy atom. The number of ether oxygens (including phenoxy) is 1. The second-order valence-electron chi connectivity index (χ2n) is 28.4. The van der Waals surface area contributed by atoms with Crippen molar-refractivity contribution in [1.29, 1.82) is 0 Å². The van der Waals surface area contributed by atoms with E-state index in [0.717, 1.165) is 51.4 Å². The van der Waals surface area contributed by atoms with Gasteiger partial charge in [-0.1, -0.05) is 403 Å². The van der Waals surface area contributed by atoms with Gasteiger partial charge in [-0.3, -0.25) is 9.59 Å². The smallest absolute Gasteiger partial charge is 0.305 e. The van der Waals surface area contributed by atoms with E-state index in [4.69, 9.17) is 4.74 Å². The lowest BCUT2D eigenvalue weighted by Gasteiger charge is -2.20. The van der Waals surface area contributed by atoms with Crippen molar-refractivity contribution in [3.05, 3.63) is 48.6 Å². The molecule has 6 nitrogen and oxygen atoms in total. The molecule has 0 radical (unpaired) electrons. The largest absolute Gasteiger partial charge is 0.466 e. The zero-order valence-corrected chi connectivity index (χ0v) is 61.6. The van der Waals surface area contributed by atoms with Gasteiger partial charge in [0.2, 0.25) is 5.91 Å². The highest BCUT2D eigenvalue weighted by Crippen LogP contribution is 2.20. The van der Waals surface area contributed by atoms with Gasteiger partial charge < -0.3 is 20.3 Å². The van der Waals surface area contributed by atoms with Crippen LogP contribution in [0.25, 0.3) is 0 Å². The number of allylic oxidation sites excluding steroid dienone is 7. The van der Waals surface area contributed by atoms with Gasteiger partial charge in [-0.2, -0.15) is 0 Å². The van der Waals surface area contributed by atoms with Crippen molar-refractivity contribution in [3.8, 4) is 0 Å². The Morgan fingerprint density at radius 3 is 0.868 bits per heavy atom. The van der Waals surface area contributed by atoms with Crippen molar-refractivity contribution in [2.75, 3.05) is 13.2 Å². The molecule has 0 aliphatic heterocycles. The molecule has 536 valence electrons. The molecule has 0 aromatic carbocycles. The number of esters is 1. The van der Waals surface area contributed by atoms with Gasteiger partial charge in [0.25, 0.3) is 0 Å². The molecule has 6 heteroatoms. The second-order valence-corrected chi connectivity index (χ2v) is 28.4. The summed E-state index contributed by atoms with van der Waals surface area (Å²) in [5.74, 6) is -0.0449. The fourth-order valence-electron chi connectivity index (χ4n) is 13.0. The van der Waals surface area contributed by atoms with E-state index >= 15 is 0 Å². The molecule has 0 aromatic rings. The van der Waals surface area contributed by atoms with Crippen molar-refractivity contribution < 1.29 is 24.5 Å². The summed E-state index contributed by atoms with van der Waals surface area (Å²) in [6.45, 7) is 4.92. The molecule has 0 saturated heterocycles. The Balaban J connectivity index is 3.34. The standard InChI is InChI=1S/C85H161NO5/c1-3-5-7-9-11-13-15-17-19-21-46-49-53-57-61-65-69-73-77-83(88)82(81-87)86-84(89)78-74-70-66-62-58-54-50-47-43-41-39-37-35-33-31-29-27-25-23-22-24-26-28-30-32-34-36-38-40-42-44-48-52-56-60-64-68-72-76-80-91-85(90)79-75-71-67-63-59-55-51-45-20-18-16-14-12-10-8-6-4-2/h12,14,18,20,22-23,73,77,82-83,87-88H,3-11,13,15-17,19,21,24-72,74-76,78-81H2,1-2H3,(H,86,89)/b14-12-,20-18-,23-22-,77-73+. The average Bonchev–Trinajstić information content (AvgIpc) is 3.73. The number of unbranched alkanes of at least 4 members (excludes halogenated alkanes) is 61. The molecule has 0 fully saturated rings. The first-order valence-electron chi connectivity index (χ1n) is 41.4. The van der Waals surface area contributed by atoms with Crippen LogP contribution in [0.15, 0.2) is 48.6 Å². The lowest BCUT2D eigenvalue weighted by Crippen LogP contribution is -2.45. The summed E-state index contributed by atoms with van der Waals surface area (Å²) < 4.78 is 5.51. The molecule has 0 rings (SSSR count). The van der Waals surface area contributed by atoms with Crippen LogP contribution in [-0.4, -0.2) is 47.4 Å². The molecule has 0 spiro atoms. The van der Waals surface area contributed by atoms with Gasteiger partial charge in [-0.05, 0) is 89.9 Å². The maximum absolute atomic E-state index is 12.5. The molecule has 0 heterocycles.